The molecule has 4 rings (SSSR count). The number of allylic oxidation sites excluding steroid dienone is 1. The van der Waals surface area contributed by atoms with Gasteiger partial charge in [0, 0.05) is 31.9 Å². The number of benzene rings is 2. The van der Waals surface area contributed by atoms with Crippen molar-refractivity contribution >= 4 is 34.8 Å². The van der Waals surface area contributed by atoms with E-state index in [0.29, 0.717) is 20.6 Å². The van der Waals surface area contributed by atoms with Crippen molar-refractivity contribution in [3.05, 3.63) is 101 Å². The SMILES string of the molecule is CCOC(=O)C1=C(C)N=c2s/c(=C\c3ccc(N(C)C)cc3)c(=O)n2[C@@H]1c1cccc([N+](=O)[O-])c1. The summed E-state index contributed by atoms with van der Waals surface area (Å²) in [7, 11) is 3.90. The van der Waals surface area contributed by atoms with Gasteiger partial charge in [-0.05, 0) is 43.2 Å². The molecular formula is C25H24N4O5S. The molecule has 1 aromatic heterocycles. The third-order valence-corrected chi connectivity index (χ3v) is 6.60. The molecule has 0 radical (unpaired) electrons. The Bertz CT molecular complexity index is 1520. The molecule has 0 aliphatic carbocycles. The summed E-state index contributed by atoms with van der Waals surface area (Å²) in [5, 5.41) is 11.4. The molecule has 0 bridgehead atoms. The van der Waals surface area contributed by atoms with Crippen molar-refractivity contribution in [1.29, 1.82) is 0 Å². The summed E-state index contributed by atoms with van der Waals surface area (Å²) in [4.78, 5) is 44.3. The average Bonchev–Trinajstić information content (AvgIpc) is 3.13. The molecule has 1 aliphatic heterocycles. The highest BCUT2D eigenvalue weighted by Gasteiger charge is 2.34. The molecule has 0 saturated carbocycles. The van der Waals surface area contributed by atoms with Crippen LogP contribution in [0.25, 0.3) is 6.08 Å². The van der Waals surface area contributed by atoms with Gasteiger partial charge in [-0.3, -0.25) is 19.5 Å². The predicted octanol–water partition coefficient (Wildman–Crippen LogP) is 2.77. The fourth-order valence-corrected chi connectivity index (χ4v) is 4.98. The maximum absolute atomic E-state index is 13.6. The molecule has 1 atom stereocenters. The number of ether oxygens (including phenoxy) is 1. The monoisotopic (exact) mass is 492 g/mol. The van der Waals surface area contributed by atoms with Gasteiger partial charge in [-0.15, -0.1) is 0 Å². The fourth-order valence-electron chi connectivity index (χ4n) is 3.94. The number of thiazole rings is 1. The lowest BCUT2D eigenvalue weighted by molar-refractivity contribution is -0.384. The van der Waals surface area contributed by atoms with Crippen LogP contribution in [0.2, 0.25) is 0 Å². The Kier molecular flexibility index (Phi) is 6.65. The molecule has 0 amide bonds. The van der Waals surface area contributed by atoms with Gasteiger partial charge in [0.2, 0.25) is 0 Å². The van der Waals surface area contributed by atoms with Gasteiger partial charge < -0.3 is 9.64 Å². The topological polar surface area (TPSA) is 107 Å². The van der Waals surface area contributed by atoms with E-state index in [1.54, 1.807) is 26.0 Å². The Balaban J connectivity index is 1.92. The molecule has 0 spiro atoms. The van der Waals surface area contributed by atoms with Crippen molar-refractivity contribution in [3.8, 4) is 0 Å². The van der Waals surface area contributed by atoms with Gasteiger partial charge >= 0.3 is 5.97 Å². The van der Waals surface area contributed by atoms with E-state index < -0.39 is 16.9 Å². The summed E-state index contributed by atoms with van der Waals surface area (Å²) in [6.07, 6.45) is 1.77. The fraction of sp³-hybridized carbons (Fsp3) is 0.240. The first-order valence-electron chi connectivity index (χ1n) is 10.9. The number of aromatic nitrogens is 1. The second-order valence-corrected chi connectivity index (χ2v) is 9.15. The maximum atomic E-state index is 13.6. The first kappa shape index (κ1) is 24.1. The summed E-state index contributed by atoms with van der Waals surface area (Å²) < 4.78 is 7.11. The highest BCUT2D eigenvalue weighted by molar-refractivity contribution is 7.07. The molecule has 0 saturated heterocycles. The summed E-state index contributed by atoms with van der Waals surface area (Å²) in [5.74, 6) is -0.612. The zero-order chi connectivity index (χ0) is 25.3. The van der Waals surface area contributed by atoms with Gasteiger partial charge in [-0.2, -0.15) is 0 Å². The minimum Gasteiger partial charge on any atom is -0.463 e. The van der Waals surface area contributed by atoms with E-state index in [0.717, 1.165) is 11.3 Å². The number of nitrogens with zero attached hydrogens (tertiary/aromatic N) is 4. The highest BCUT2D eigenvalue weighted by Crippen LogP contribution is 2.32. The molecule has 2 aromatic carbocycles. The van der Waals surface area contributed by atoms with Gasteiger partial charge in [-0.25, -0.2) is 9.79 Å². The van der Waals surface area contributed by atoms with Crippen LogP contribution in [0.15, 0.2) is 69.6 Å². The molecule has 180 valence electrons. The van der Waals surface area contributed by atoms with Crippen molar-refractivity contribution in [3.63, 3.8) is 0 Å². The highest BCUT2D eigenvalue weighted by atomic mass is 32.1. The Morgan fingerprint density at radius 1 is 1.26 bits per heavy atom. The molecule has 0 fully saturated rings. The van der Waals surface area contributed by atoms with Crippen LogP contribution in [0.1, 0.15) is 31.0 Å². The summed E-state index contributed by atoms with van der Waals surface area (Å²) >= 11 is 1.20. The van der Waals surface area contributed by atoms with E-state index >= 15 is 0 Å². The molecule has 9 nitrogen and oxygen atoms in total. The summed E-state index contributed by atoms with van der Waals surface area (Å²) in [6.45, 7) is 3.51. The van der Waals surface area contributed by atoms with Crippen molar-refractivity contribution in [2.45, 2.75) is 19.9 Å². The maximum Gasteiger partial charge on any atom is 0.338 e. The van der Waals surface area contributed by atoms with Crippen LogP contribution in [-0.4, -0.2) is 36.2 Å². The van der Waals surface area contributed by atoms with Crippen LogP contribution in [0.5, 0.6) is 0 Å². The number of hydrogen-bond donors (Lipinski definition) is 0. The van der Waals surface area contributed by atoms with Gasteiger partial charge in [0.05, 0.1) is 33.4 Å². The van der Waals surface area contributed by atoms with E-state index in [9.17, 15) is 19.7 Å². The number of non-ortho nitro benzene ring substituents is 1. The number of rotatable bonds is 6. The molecule has 10 heteroatoms. The van der Waals surface area contributed by atoms with E-state index in [1.165, 1.54) is 34.1 Å². The van der Waals surface area contributed by atoms with E-state index in [4.69, 9.17) is 4.74 Å². The van der Waals surface area contributed by atoms with E-state index in [2.05, 4.69) is 4.99 Å². The summed E-state index contributed by atoms with van der Waals surface area (Å²) in [6, 6.07) is 12.8. The molecule has 0 unspecified atom stereocenters. The van der Waals surface area contributed by atoms with Gasteiger partial charge in [-0.1, -0.05) is 35.6 Å². The molecule has 35 heavy (non-hydrogen) atoms. The zero-order valence-electron chi connectivity index (χ0n) is 19.7. The minimum atomic E-state index is -0.900. The van der Waals surface area contributed by atoms with Gasteiger partial charge in [0.25, 0.3) is 11.2 Å². The Morgan fingerprint density at radius 3 is 2.60 bits per heavy atom. The van der Waals surface area contributed by atoms with E-state index in [1.807, 2.05) is 43.3 Å². The largest absolute Gasteiger partial charge is 0.463 e. The lowest BCUT2D eigenvalue weighted by Crippen LogP contribution is -2.40. The Morgan fingerprint density at radius 2 is 1.97 bits per heavy atom. The number of fused-ring (bicyclic) bond motifs is 1. The third kappa shape index (κ3) is 4.65. The number of esters is 1. The van der Waals surface area contributed by atoms with Crippen LogP contribution in [0.3, 0.4) is 0 Å². The molecule has 0 N–H and O–H groups in total. The lowest BCUT2D eigenvalue weighted by atomic mass is 9.95. The Hall–Kier alpha value is -4.05. The number of carbonyl (C=O) groups excluding carboxylic acids is 1. The smallest absolute Gasteiger partial charge is 0.338 e. The van der Waals surface area contributed by atoms with Crippen molar-refractivity contribution in [2.24, 2.45) is 4.99 Å². The molecule has 2 heterocycles. The van der Waals surface area contributed by atoms with Crippen LogP contribution in [-0.2, 0) is 9.53 Å². The quantitative estimate of drug-likeness (QED) is 0.298. The van der Waals surface area contributed by atoms with Crippen LogP contribution in [0, 0.1) is 10.1 Å². The molecule has 3 aromatic rings. The normalized spacial score (nSPS) is 15.4. The second kappa shape index (κ2) is 9.67. The van der Waals surface area contributed by atoms with Crippen molar-refractivity contribution in [1.82, 2.24) is 4.57 Å². The average molecular weight is 493 g/mol. The lowest BCUT2D eigenvalue weighted by Gasteiger charge is -2.24. The van der Waals surface area contributed by atoms with Gasteiger partial charge in [0.1, 0.15) is 0 Å². The minimum absolute atomic E-state index is 0.136. The second-order valence-electron chi connectivity index (χ2n) is 8.14. The number of nitro benzene ring substituents is 1. The number of carbonyl (C=O) groups is 1. The van der Waals surface area contributed by atoms with E-state index in [-0.39, 0.29) is 23.4 Å². The number of anilines is 1. The van der Waals surface area contributed by atoms with Crippen LogP contribution in [0.4, 0.5) is 11.4 Å². The Labute approximate surface area is 205 Å². The van der Waals surface area contributed by atoms with Crippen LogP contribution < -0.4 is 19.8 Å². The van der Waals surface area contributed by atoms with Gasteiger partial charge in [0.15, 0.2) is 4.80 Å². The molecular weight excluding hydrogens is 468 g/mol. The van der Waals surface area contributed by atoms with Crippen LogP contribution >= 0.6 is 11.3 Å². The zero-order valence-corrected chi connectivity index (χ0v) is 20.5. The molecule has 1 aliphatic rings. The number of hydrogen-bond acceptors (Lipinski definition) is 8. The number of nitro groups is 1. The first-order chi connectivity index (χ1) is 16.7. The standard InChI is InChI=1S/C25H24N4O5S/c1-5-34-24(31)21-15(2)26-25-28(22(21)17-7-6-8-19(14-17)29(32)33)23(30)20(35-25)13-16-9-11-18(12-10-16)27(3)4/h6-14,22H,5H2,1-4H3/b20-13-/t22-/m1/s1. The third-order valence-electron chi connectivity index (χ3n) is 5.62. The predicted molar refractivity (Wildman–Crippen MR) is 134 cm³/mol. The summed E-state index contributed by atoms with van der Waals surface area (Å²) in [5.41, 5.74) is 2.42. The first-order valence-corrected chi connectivity index (χ1v) is 11.7. The van der Waals surface area contributed by atoms with Crippen molar-refractivity contribution in [2.75, 3.05) is 25.6 Å². The van der Waals surface area contributed by atoms with Crippen molar-refractivity contribution < 1.29 is 14.5 Å².